The van der Waals surface area contributed by atoms with Crippen LogP contribution in [0, 0.1) is 0 Å². The van der Waals surface area contributed by atoms with Crippen LogP contribution >= 0.6 is 0 Å². The molecule has 0 bridgehead atoms. The zero-order valence-electron chi connectivity index (χ0n) is 23.6. The first-order chi connectivity index (χ1) is 19.8. The molecule has 1 aliphatic rings. The Kier molecular flexibility index (Phi) is 10.5. The molecule has 0 aliphatic carbocycles. The summed E-state index contributed by atoms with van der Waals surface area (Å²) in [6, 6.07) is 15.6. The second kappa shape index (κ2) is 14.2. The first-order valence-corrected chi connectivity index (χ1v) is 15.4. The molecule has 0 N–H and O–H groups in total. The van der Waals surface area contributed by atoms with Gasteiger partial charge in [0.05, 0.1) is 12.0 Å². The van der Waals surface area contributed by atoms with E-state index in [1.54, 1.807) is 34.3 Å². The van der Waals surface area contributed by atoms with E-state index in [-0.39, 0.29) is 24.0 Å². The van der Waals surface area contributed by atoms with Crippen LogP contribution in [-0.2, 0) is 30.7 Å². The van der Waals surface area contributed by atoms with Gasteiger partial charge in [0.1, 0.15) is 18.1 Å². The van der Waals surface area contributed by atoms with E-state index >= 15 is 0 Å². The highest BCUT2D eigenvalue weighted by molar-refractivity contribution is 7.92. The molecular formula is C31H37N3O6S. The van der Waals surface area contributed by atoms with E-state index in [4.69, 9.17) is 9.47 Å². The van der Waals surface area contributed by atoms with Gasteiger partial charge in [-0.3, -0.25) is 14.6 Å². The molecule has 2 heterocycles. The van der Waals surface area contributed by atoms with Crippen molar-refractivity contribution in [2.24, 2.45) is 0 Å². The number of hydrogen-bond acceptors (Lipinski definition) is 7. The van der Waals surface area contributed by atoms with Gasteiger partial charge in [-0.25, -0.2) is 8.42 Å². The number of rotatable bonds is 7. The molecule has 9 nitrogen and oxygen atoms in total. The van der Waals surface area contributed by atoms with Crippen molar-refractivity contribution in [2.45, 2.75) is 43.5 Å². The number of sulfone groups is 1. The molecule has 2 amide bonds. The van der Waals surface area contributed by atoms with E-state index in [1.165, 1.54) is 26.4 Å². The van der Waals surface area contributed by atoms with Crippen LogP contribution < -0.4 is 9.64 Å². The van der Waals surface area contributed by atoms with Gasteiger partial charge >= 0.3 is 0 Å². The minimum atomic E-state index is -3.88. The zero-order valence-corrected chi connectivity index (χ0v) is 24.4. The van der Waals surface area contributed by atoms with Gasteiger partial charge in [-0.15, -0.1) is 0 Å². The Morgan fingerprint density at radius 1 is 0.878 bits per heavy atom. The van der Waals surface area contributed by atoms with E-state index in [2.05, 4.69) is 4.98 Å². The maximum absolute atomic E-state index is 13.6. The fourth-order valence-electron chi connectivity index (χ4n) is 4.99. The number of hydrogen-bond donors (Lipinski definition) is 0. The molecule has 0 saturated carbocycles. The standard InChI is InChI=1S/C31H37N3O6S/c1-39-22-30(35)34-18-7-5-3-4-6-17-33(31(36)23-41(37,38)28-13-11-27(40-2)12-14-28)21-26-19-24(10-15-29(26)34)25-9-8-16-32-20-25/h8-16,19-20H,3-7,17-18,21-23H2,1-2H3. The molecule has 2 aromatic carbocycles. The van der Waals surface area contributed by atoms with Crippen LogP contribution in [0.3, 0.4) is 0 Å². The number of methoxy groups -OCH3 is 2. The third-order valence-corrected chi connectivity index (χ3v) is 8.81. The number of nitrogens with zero attached hydrogens (tertiary/aromatic N) is 3. The third kappa shape index (κ3) is 7.92. The molecule has 10 heteroatoms. The Morgan fingerprint density at radius 2 is 1.61 bits per heavy atom. The molecule has 0 atom stereocenters. The normalized spacial score (nSPS) is 14.9. The van der Waals surface area contributed by atoms with Gasteiger partial charge in [-0.05, 0) is 72.0 Å². The summed E-state index contributed by atoms with van der Waals surface area (Å²) in [5.41, 5.74) is 3.24. The van der Waals surface area contributed by atoms with Crippen molar-refractivity contribution in [3.63, 3.8) is 0 Å². The number of aromatic nitrogens is 1. The predicted octanol–water partition coefficient (Wildman–Crippen LogP) is 4.50. The highest BCUT2D eigenvalue weighted by atomic mass is 32.2. The summed E-state index contributed by atoms with van der Waals surface area (Å²) < 4.78 is 36.7. The summed E-state index contributed by atoms with van der Waals surface area (Å²) in [5.74, 6) is -0.763. The Bertz CT molecular complexity index is 1430. The van der Waals surface area contributed by atoms with E-state index < -0.39 is 21.5 Å². The summed E-state index contributed by atoms with van der Waals surface area (Å²) in [6.07, 6.45) is 7.89. The van der Waals surface area contributed by atoms with Gasteiger partial charge in [0.15, 0.2) is 9.84 Å². The first-order valence-electron chi connectivity index (χ1n) is 13.8. The number of anilines is 1. The molecule has 218 valence electrons. The summed E-state index contributed by atoms with van der Waals surface area (Å²) in [5, 5.41) is 0. The monoisotopic (exact) mass is 579 g/mol. The predicted molar refractivity (Wildman–Crippen MR) is 157 cm³/mol. The van der Waals surface area contributed by atoms with Crippen LogP contribution in [0.1, 0.15) is 37.7 Å². The fourth-order valence-corrected chi connectivity index (χ4v) is 6.22. The average molecular weight is 580 g/mol. The number of pyridine rings is 1. The molecule has 0 spiro atoms. The second-order valence-corrected chi connectivity index (χ2v) is 12.1. The van der Waals surface area contributed by atoms with Gasteiger partial charge in [0.25, 0.3) is 5.91 Å². The van der Waals surface area contributed by atoms with E-state index in [1.807, 2.05) is 30.3 Å². The minimum Gasteiger partial charge on any atom is -0.497 e. The molecule has 4 rings (SSSR count). The maximum Gasteiger partial charge on any atom is 0.252 e. The first kappa shape index (κ1) is 30.2. The van der Waals surface area contributed by atoms with Crippen molar-refractivity contribution < 1.29 is 27.5 Å². The summed E-state index contributed by atoms with van der Waals surface area (Å²) >= 11 is 0. The molecule has 1 aliphatic heterocycles. The third-order valence-electron chi connectivity index (χ3n) is 7.19. The molecule has 0 saturated heterocycles. The lowest BCUT2D eigenvalue weighted by molar-refractivity contribution is -0.129. The number of carbonyl (C=O) groups excluding carboxylic acids is 2. The van der Waals surface area contributed by atoms with Crippen LogP contribution in [-0.4, -0.2) is 69.8 Å². The Balaban J connectivity index is 1.71. The summed E-state index contributed by atoms with van der Waals surface area (Å²) in [6.45, 7) is 1.05. The van der Waals surface area contributed by atoms with Crippen molar-refractivity contribution >= 4 is 27.3 Å². The van der Waals surface area contributed by atoms with Crippen molar-refractivity contribution in [3.8, 4) is 16.9 Å². The highest BCUT2D eigenvalue weighted by Crippen LogP contribution is 2.30. The van der Waals surface area contributed by atoms with Crippen LogP contribution in [0.15, 0.2) is 71.9 Å². The van der Waals surface area contributed by atoms with Gasteiger partial charge in [0.2, 0.25) is 5.91 Å². The van der Waals surface area contributed by atoms with E-state index in [0.717, 1.165) is 48.8 Å². The van der Waals surface area contributed by atoms with E-state index in [0.29, 0.717) is 24.5 Å². The van der Waals surface area contributed by atoms with Crippen LogP contribution in [0.4, 0.5) is 5.69 Å². The molecule has 0 unspecified atom stereocenters. The lowest BCUT2D eigenvalue weighted by atomic mass is 10.0. The van der Waals surface area contributed by atoms with Crippen LogP contribution in [0.25, 0.3) is 11.1 Å². The van der Waals surface area contributed by atoms with Crippen molar-refractivity contribution in [3.05, 3.63) is 72.6 Å². The smallest absolute Gasteiger partial charge is 0.252 e. The SMILES string of the molecule is COCC(=O)N1CCCCCCCN(C(=O)CS(=O)(=O)c2ccc(OC)cc2)Cc2cc(-c3cccnc3)ccc21. The maximum atomic E-state index is 13.6. The van der Waals surface area contributed by atoms with Gasteiger partial charge in [0, 0.05) is 44.8 Å². The zero-order chi connectivity index (χ0) is 29.2. The summed E-state index contributed by atoms with van der Waals surface area (Å²) in [7, 11) is -0.884. The second-order valence-electron chi connectivity index (χ2n) is 10.1. The molecular weight excluding hydrogens is 542 g/mol. The van der Waals surface area contributed by atoms with Crippen molar-refractivity contribution in [1.82, 2.24) is 9.88 Å². The molecule has 0 fully saturated rings. The lowest BCUT2D eigenvalue weighted by Gasteiger charge is -2.30. The number of amides is 2. The average Bonchev–Trinajstić information content (AvgIpc) is 2.97. The number of fused-ring (bicyclic) bond motifs is 1. The number of carbonyl (C=O) groups is 2. The topological polar surface area (TPSA) is 106 Å². The Morgan fingerprint density at radius 3 is 2.29 bits per heavy atom. The summed E-state index contributed by atoms with van der Waals surface area (Å²) in [4.78, 5) is 34.4. The van der Waals surface area contributed by atoms with Crippen molar-refractivity contribution in [2.75, 3.05) is 44.6 Å². The Labute approximate surface area is 242 Å². The van der Waals surface area contributed by atoms with E-state index in [9.17, 15) is 18.0 Å². The fraction of sp³-hybridized carbons (Fsp3) is 0.387. The molecule has 41 heavy (non-hydrogen) atoms. The largest absolute Gasteiger partial charge is 0.497 e. The quantitative estimate of drug-likeness (QED) is 0.406. The molecule has 1 aromatic heterocycles. The molecule has 0 radical (unpaired) electrons. The Hall–Kier alpha value is -3.76. The van der Waals surface area contributed by atoms with Crippen LogP contribution in [0.5, 0.6) is 5.75 Å². The van der Waals surface area contributed by atoms with Crippen LogP contribution in [0.2, 0.25) is 0 Å². The number of benzene rings is 2. The van der Waals surface area contributed by atoms with Crippen molar-refractivity contribution in [1.29, 1.82) is 0 Å². The molecule has 3 aromatic rings. The minimum absolute atomic E-state index is 0.0630. The number of ether oxygens (including phenoxy) is 2. The van der Waals surface area contributed by atoms with Gasteiger partial charge < -0.3 is 19.3 Å². The lowest BCUT2D eigenvalue weighted by Crippen LogP contribution is -2.39. The van der Waals surface area contributed by atoms with Gasteiger partial charge in [-0.2, -0.15) is 0 Å². The highest BCUT2D eigenvalue weighted by Gasteiger charge is 2.26. The van der Waals surface area contributed by atoms with Gasteiger partial charge in [-0.1, -0.05) is 31.4 Å².